The maximum absolute atomic E-state index is 13.1. The van der Waals surface area contributed by atoms with E-state index in [4.69, 9.17) is 10.5 Å². The van der Waals surface area contributed by atoms with Crippen molar-refractivity contribution in [3.05, 3.63) is 65.0 Å². The maximum atomic E-state index is 13.1. The summed E-state index contributed by atoms with van der Waals surface area (Å²) < 4.78 is 18.9. The third-order valence-electron chi connectivity index (χ3n) is 4.58. The van der Waals surface area contributed by atoms with E-state index in [-0.39, 0.29) is 12.0 Å². The van der Waals surface area contributed by atoms with Crippen molar-refractivity contribution in [2.45, 2.75) is 38.0 Å². The molecule has 4 N–H and O–H groups in total. The number of fused-ring (bicyclic) bond motifs is 1. The molecule has 2 aromatic carbocycles. The van der Waals surface area contributed by atoms with Gasteiger partial charge < -0.3 is 20.9 Å². The SMILES string of the molecule is CC1(C)Oc2ccc(CC(N)=O)cc2[C@H](NC(=O)c2ccc(F)cc2)[C@H]1O. The number of aliphatic hydroxyl groups excluding tert-OH is 1. The molecule has 1 heterocycles. The number of aliphatic hydroxyl groups is 1. The third-order valence-corrected chi connectivity index (χ3v) is 4.58. The number of halogens is 1. The summed E-state index contributed by atoms with van der Waals surface area (Å²) in [5.74, 6) is -0.884. The Morgan fingerprint density at radius 1 is 1.22 bits per heavy atom. The average molecular weight is 372 g/mol. The zero-order chi connectivity index (χ0) is 19.8. The summed E-state index contributed by atoms with van der Waals surface area (Å²) in [6.45, 7) is 3.43. The van der Waals surface area contributed by atoms with Gasteiger partial charge in [0.25, 0.3) is 5.91 Å². The van der Waals surface area contributed by atoms with Crippen molar-refractivity contribution < 1.29 is 23.8 Å². The van der Waals surface area contributed by atoms with Gasteiger partial charge in [0.1, 0.15) is 23.3 Å². The maximum Gasteiger partial charge on any atom is 0.251 e. The second-order valence-corrected chi connectivity index (χ2v) is 7.12. The molecule has 0 saturated heterocycles. The zero-order valence-corrected chi connectivity index (χ0v) is 15.0. The lowest BCUT2D eigenvalue weighted by Crippen LogP contribution is -2.53. The second kappa shape index (κ2) is 7.00. The molecule has 6 nitrogen and oxygen atoms in total. The summed E-state index contributed by atoms with van der Waals surface area (Å²) in [6.07, 6.45) is -1.01. The standard InChI is InChI=1S/C20H21FN2O4/c1-20(2)18(25)17(23-19(26)12-4-6-13(21)7-5-12)14-9-11(10-16(22)24)3-8-15(14)27-20/h3-9,17-18,25H,10H2,1-2H3,(H2,22,24)(H,23,26)/t17-,18+/m0/s1. The third kappa shape index (κ3) is 3.93. The highest BCUT2D eigenvalue weighted by atomic mass is 19.1. The molecule has 3 rings (SSSR count). The van der Waals surface area contributed by atoms with Crippen LogP contribution in [-0.4, -0.2) is 28.6 Å². The highest BCUT2D eigenvalue weighted by molar-refractivity contribution is 5.94. The van der Waals surface area contributed by atoms with Gasteiger partial charge in [-0.25, -0.2) is 4.39 Å². The molecule has 0 radical (unpaired) electrons. The zero-order valence-electron chi connectivity index (χ0n) is 15.0. The van der Waals surface area contributed by atoms with Crippen molar-refractivity contribution in [3.63, 3.8) is 0 Å². The Hall–Kier alpha value is -2.93. The molecule has 0 fully saturated rings. The number of ether oxygens (including phenoxy) is 1. The molecule has 0 aliphatic carbocycles. The number of primary amides is 1. The number of hydrogen-bond donors (Lipinski definition) is 3. The van der Waals surface area contributed by atoms with E-state index in [0.29, 0.717) is 16.9 Å². The Kier molecular flexibility index (Phi) is 4.89. The second-order valence-electron chi connectivity index (χ2n) is 7.12. The molecule has 1 aliphatic heterocycles. The highest BCUT2D eigenvalue weighted by Gasteiger charge is 2.43. The van der Waals surface area contributed by atoms with Gasteiger partial charge in [0, 0.05) is 11.1 Å². The van der Waals surface area contributed by atoms with E-state index < -0.39 is 35.4 Å². The van der Waals surface area contributed by atoms with Crippen molar-refractivity contribution in [3.8, 4) is 5.75 Å². The van der Waals surface area contributed by atoms with Gasteiger partial charge in [0.05, 0.1) is 12.5 Å². The quantitative estimate of drug-likeness (QED) is 0.762. The number of carbonyl (C=O) groups is 2. The van der Waals surface area contributed by atoms with E-state index >= 15 is 0 Å². The minimum atomic E-state index is -1.04. The number of carbonyl (C=O) groups excluding carboxylic acids is 2. The lowest BCUT2D eigenvalue weighted by molar-refractivity contribution is -0.117. The van der Waals surface area contributed by atoms with Crippen LogP contribution in [0.15, 0.2) is 42.5 Å². The van der Waals surface area contributed by atoms with E-state index in [1.165, 1.54) is 24.3 Å². The van der Waals surface area contributed by atoms with Crippen molar-refractivity contribution in [2.75, 3.05) is 0 Å². The topological polar surface area (TPSA) is 102 Å². The number of amides is 2. The van der Waals surface area contributed by atoms with E-state index in [2.05, 4.69) is 5.32 Å². The summed E-state index contributed by atoms with van der Waals surface area (Å²) in [4.78, 5) is 23.8. The predicted octanol–water partition coefficient (Wildman–Crippen LogP) is 1.86. The van der Waals surface area contributed by atoms with Crippen LogP contribution in [0.3, 0.4) is 0 Å². The molecule has 0 spiro atoms. The number of nitrogens with one attached hydrogen (secondary N) is 1. The molecule has 2 atom stereocenters. The van der Waals surface area contributed by atoms with E-state index in [1.54, 1.807) is 32.0 Å². The predicted molar refractivity (Wildman–Crippen MR) is 96.7 cm³/mol. The van der Waals surface area contributed by atoms with Gasteiger partial charge in [-0.05, 0) is 55.8 Å². The van der Waals surface area contributed by atoms with Crippen molar-refractivity contribution in [2.24, 2.45) is 5.73 Å². The van der Waals surface area contributed by atoms with Crippen LogP contribution in [0.1, 0.15) is 41.4 Å². The molecule has 2 amide bonds. The fourth-order valence-corrected chi connectivity index (χ4v) is 3.14. The normalized spacial score (nSPS) is 20.3. The fraction of sp³-hybridized carbons (Fsp3) is 0.300. The van der Waals surface area contributed by atoms with Gasteiger partial charge in [-0.2, -0.15) is 0 Å². The van der Waals surface area contributed by atoms with Crippen molar-refractivity contribution >= 4 is 11.8 Å². The first-order valence-corrected chi connectivity index (χ1v) is 8.52. The van der Waals surface area contributed by atoms with Gasteiger partial charge >= 0.3 is 0 Å². The summed E-state index contributed by atoms with van der Waals surface area (Å²) in [6, 6.07) is 9.45. The Morgan fingerprint density at radius 3 is 2.52 bits per heavy atom. The molecule has 27 heavy (non-hydrogen) atoms. The highest BCUT2D eigenvalue weighted by Crippen LogP contribution is 2.40. The van der Waals surface area contributed by atoms with Crippen LogP contribution in [0.5, 0.6) is 5.75 Å². The van der Waals surface area contributed by atoms with E-state index in [0.717, 1.165) is 0 Å². The smallest absolute Gasteiger partial charge is 0.251 e. The Bertz CT molecular complexity index is 880. The minimum Gasteiger partial charge on any atom is -0.485 e. The lowest BCUT2D eigenvalue weighted by atomic mass is 9.85. The number of benzene rings is 2. The van der Waals surface area contributed by atoms with Crippen LogP contribution in [0.2, 0.25) is 0 Å². The van der Waals surface area contributed by atoms with Gasteiger partial charge in [0.15, 0.2) is 0 Å². The summed E-state index contributed by atoms with van der Waals surface area (Å²) >= 11 is 0. The lowest BCUT2D eigenvalue weighted by Gasteiger charge is -2.42. The summed E-state index contributed by atoms with van der Waals surface area (Å²) in [5, 5.41) is 13.6. The molecule has 0 unspecified atom stereocenters. The van der Waals surface area contributed by atoms with Gasteiger partial charge in [0.2, 0.25) is 5.91 Å². The Labute approximate surface area is 156 Å². The van der Waals surface area contributed by atoms with E-state index in [1.807, 2.05) is 0 Å². The molecule has 7 heteroatoms. The van der Waals surface area contributed by atoms with Crippen LogP contribution in [0.25, 0.3) is 0 Å². The molecule has 0 bridgehead atoms. The molecule has 0 aromatic heterocycles. The van der Waals surface area contributed by atoms with Gasteiger partial charge in [-0.15, -0.1) is 0 Å². The monoisotopic (exact) mass is 372 g/mol. The molecule has 2 aromatic rings. The van der Waals surface area contributed by atoms with Crippen LogP contribution in [-0.2, 0) is 11.2 Å². The largest absolute Gasteiger partial charge is 0.485 e. The number of nitrogens with two attached hydrogens (primary N) is 1. The van der Waals surface area contributed by atoms with Crippen molar-refractivity contribution in [1.82, 2.24) is 5.32 Å². The van der Waals surface area contributed by atoms with Crippen LogP contribution >= 0.6 is 0 Å². The van der Waals surface area contributed by atoms with Crippen molar-refractivity contribution in [1.29, 1.82) is 0 Å². The Balaban J connectivity index is 1.96. The van der Waals surface area contributed by atoms with E-state index in [9.17, 15) is 19.1 Å². The molecular formula is C20H21FN2O4. The fourth-order valence-electron chi connectivity index (χ4n) is 3.14. The number of hydrogen-bond acceptors (Lipinski definition) is 4. The first kappa shape index (κ1) is 18.8. The molecule has 1 aliphatic rings. The molecule has 0 saturated carbocycles. The van der Waals surface area contributed by atoms with Crippen LogP contribution < -0.4 is 15.8 Å². The first-order valence-electron chi connectivity index (χ1n) is 8.52. The van der Waals surface area contributed by atoms with Gasteiger partial charge in [-0.3, -0.25) is 9.59 Å². The van der Waals surface area contributed by atoms with Gasteiger partial charge in [-0.1, -0.05) is 6.07 Å². The Morgan fingerprint density at radius 2 is 1.89 bits per heavy atom. The minimum absolute atomic E-state index is 0.0331. The number of rotatable bonds is 4. The summed E-state index contributed by atoms with van der Waals surface area (Å²) in [7, 11) is 0. The van der Waals surface area contributed by atoms with Crippen LogP contribution in [0, 0.1) is 5.82 Å². The first-order chi connectivity index (χ1) is 12.7. The summed E-state index contributed by atoms with van der Waals surface area (Å²) in [5.41, 5.74) is 5.78. The van der Waals surface area contributed by atoms with Crippen LogP contribution in [0.4, 0.5) is 4.39 Å². The molecular weight excluding hydrogens is 351 g/mol. The average Bonchev–Trinajstić information content (AvgIpc) is 2.59. The molecule has 142 valence electrons.